The van der Waals surface area contributed by atoms with Gasteiger partial charge in [0, 0.05) is 4.53 Å². The van der Waals surface area contributed by atoms with E-state index in [4.69, 9.17) is 0 Å². The molecule has 0 fully saturated rings. The van der Waals surface area contributed by atoms with Gasteiger partial charge in [-0.25, -0.2) is 4.21 Å². The molecule has 2 rings (SSSR count). The summed E-state index contributed by atoms with van der Waals surface area (Å²) in [5.41, 5.74) is 1.14. The Morgan fingerprint density at radius 1 is 1.14 bits per heavy atom. The van der Waals surface area contributed by atoms with Gasteiger partial charge >= 0.3 is 0 Å². The van der Waals surface area contributed by atoms with Crippen molar-refractivity contribution in [3.63, 3.8) is 0 Å². The first-order valence-electron chi connectivity index (χ1n) is 4.73. The Hall–Kier alpha value is -0.673. The summed E-state index contributed by atoms with van der Waals surface area (Å²) >= 11 is 0. The molecule has 14 heavy (non-hydrogen) atoms. The minimum absolute atomic E-state index is 0.882. The van der Waals surface area contributed by atoms with Crippen LogP contribution >= 0.6 is 0 Å². The highest BCUT2D eigenvalue weighted by molar-refractivity contribution is 7.92. The van der Waals surface area contributed by atoms with Crippen LogP contribution < -0.4 is 0 Å². The molecule has 1 aromatic carbocycles. The molecule has 0 aromatic heterocycles. The average molecular weight is 222 g/mol. The minimum atomic E-state index is -1.42. The summed E-state index contributed by atoms with van der Waals surface area (Å²) in [6.45, 7) is 6.72. The molecule has 1 aliphatic heterocycles. The van der Waals surface area contributed by atoms with Crippen molar-refractivity contribution in [3.8, 4) is 0 Å². The second-order valence-corrected chi connectivity index (χ2v) is 11.4. The Morgan fingerprint density at radius 3 is 2.36 bits per heavy atom. The molecular weight excluding hydrogens is 208 g/mol. The lowest BCUT2D eigenvalue weighted by molar-refractivity contribution is 0.688. The fraction of sp³-hybridized carbons (Fsp3) is 0.273. The smallest absolute Gasteiger partial charge is 0.0896 e. The van der Waals surface area contributed by atoms with Crippen molar-refractivity contribution in [1.82, 2.24) is 0 Å². The summed E-state index contributed by atoms with van der Waals surface area (Å²) in [5.74, 6) is 0. The summed E-state index contributed by atoms with van der Waals surface area (Å²) < 4.78 is 13.3. The minimum Gasteiger partial charge on any atom is -0.250 e. The van der Waals surface area contributed by atoms with Crippen molar-refractivity contribution >= 4 is 24.9 Å². The molecule has 1 heterocycles. The van der Waals surface area contributed by atoms with Crippen LogP contribution in [0.2, 0.25) is 19.6 Å². The van der Waals surface area contributed by atoms with Gasteiger partial charge < -0.3 is 0 Å². The van der Waals surface area contributed by atoms with E-state index in [0.29, 0.717) is 0 Å². The lowest BCUT2D eigenvalue weighted by Gasteiger charge is -2.16. The van der Waals surface area contributed by atoms with E-state index in [0.717, 1.165) is 10.5 Å². The topological polar surface area (TPSA) is 17.1 Å². The number of benzene rings is 1. The quantitative estimate of drug-likeness (QED) is 0.668. The van der Waals surface area contributed by atoms with Crippen LogP contribution in [0.5, 0.6) is 0 Å². The van der Waals surface area contributed by atoms with Crippen LogP contribution in [-0.4, -0.2) is 12.3 Å². The van der Waals surface area contributed by atoms with Gasteiger partial charge in [-0.3, -0.25) is 0 Å². The van der Waals surface area contributed by atoms with Crippen molar-refractivity contribution in [3.05, 3.63) is 34.4 Å². The summed E-state index contributed by atoms with van der Waals surface area (Å²) in [6.07, 6.45) is 2.12. The highest BCUT2D eigenvalue weighted by Gasteiger charge is 2.30. The van der Waals surface area contributed by atoms with Gasteiger partial charge in [0.1, 0.15) is 0 Å². The van der Waals surface area contributed by atoms with E-state index in [1.807, 2.05) is 24.3 Å². The summed E-state index contributed by atoms with van der Waals surface area (Å²) in [7, 11) is -2.31. The van der Waals surface area contributed by atoms with Gasteiger partial charge in [-0.1, -0.05) is 37.8 Å². The first kappa shape index (κ1) is 9.87. The molecule has 0 amide bonds. The molecule has 0 saturated heterocycles. The van der Waals surface area contributed by atoms with Gasteiger partial charge in [-0.15, -0.1) is 0 Å². The van der Waals surface area contributed by atoms with Crippen molar-refractivity contribution in [2.75, 3.05) is 0 Å². The van der Waals surface area contributed by atoms with E-state index < -0.39 is 18.9 Å². The fourth-order valence-electron chi connectivity index (χ4n) is 1.58. The normalized spacial score (nSPS) is 20.5. The molecule has 0 spiro atoms. The molecule has 0 radical (unpaired) electrons. The first-order chi connectivity index (χ1) is 6.50. The van der Waals surface area contributed by atoms with Crippen LogP contribution in [0.4, 0.5) is 0 Å². The number of hydrogen-bond donors (Lipinski definition) is 0. The van der Waals surface area contributed by atoms with E-state index in [2.05, 4.69) is 25.7 Å². The predicted molar refractivity (Wildman–Crippen MR) is 64.2 cm³/mol. The lowest BCUT2D eigenvalue weighted by atomic mass is 10.2. The molecule has 1 nitrogen and oxygen atoms in total. The van der Waals surface area contributed by atoms with E-state index in [1.165, 1.54) is 4.53 Å². The van der Waals surface area contributed by atoms with Crippen molar-refractivity contribution in [1.29, 1.82) is 0 Å². The van der Waals surface area contributed by atoms with E-state index >= 15 is 0 Å². The van der Waals surface area contributed by atoms with Crippen molar-refractivity contribution < 1.29 is 4.21 Å². The van der Waals surface area contributed by atoms with Gasteiger partial charge in [0.2, 0.25) is 0 Å². The molecule has 3 heteroatoms. The third-order valence-corrected chi connectivity index (χ3v) is 7.65. The Morgan fingerprint density at radius 2 is 1.79 bits per heavy atom. The predicted octanol–water partition coefficient (Wildman–Crippen LogP) is 3.03. The summed E-state index contributed by atoms with van der Waals surface area (Å²) in [4.78, 5) is 0.991. The molecular formula is C11H14OSSi. The van der Waals surface area contributed by atoms with Crippen LogP contribution in [0.25, 0.3) is 6.08 Å². The van der Waals surface area contributed by atoms with Crippen LogP contribution in [0.3, 0.4) is 0 Å². The molecule has 74 valence electrons. The molecule has 0 N–H and O–H groups in total. The second-order valence-electron chi connectivity index (χ2n) is 4.57. The van der Waals surface area contributed by atoms with Crippen molar-refractivity contribution in [2.45, 2.75) is 24.5 Å². The largest absolute Gasteiger partial charge is 0.250 e. The van der Waals surface area contributed by atoms with Gasteiger partial charge in [-0.2, -0.15) is 0 Å². The maximum Gasteiger partial charge on any atom is 0.0896 e. The molecule has 1 atom stereocenters. The third-order valence-electron chi connectivity index (χ3n) is 2.34. The van der Waals surface area contributed by atoms with Crippen LogP contribution in [-0.2, 0) is 10.8 Å². The molecule has 0 aliphatic carbocycles. The van der Waals surface area contributed by atoms with Crippen LogP contribution in [0, 0.1) is 0 Å². The Labute approximate surface area is 88.3 Å². The van der Waals surface area contributed by atoms with Gasteiger partial charge in [-0.05, 0) is 17.7 Å². The monoisotopic (exact) mass is 222 g/mol. The first-order valence-corrected chi connectivity index (χ1v) is 9.38. The van der Waals surface area contributed by atoms with E-state index in [9.17, 15) is 4.21 Å². The SMILES string of the molecule is C[Si](C)(C)C1=Cc2ccccc2S1=O. The van der Waals surface area contributed by atoms with Gasteiger partial charge in [0.15, 0.2) is 0 Å². The highest BCUT2D eigenvalue weighted by Crippen LogP contribution is 2.34. The summed E-state index contributed by atoms with van der Waals surface area (Å²) in [5, 5.41) is 0. The number of fused-ring (bicyclic) bond motifs is 1. The zero-order chi connectivity index (χ0) is 10.3. The maximum absolute atomic E-state index is 12.1. The summed E-state index contributed by atoms with van der Waals surface area (Å²) in [6, 6.07) is 7.97. The Kier molecular flexibility index (Phi) is 2.24. The lowest BCUT2D eigenvalue weighted by Crippen LogP contribution is -2.25. The van der Waals surface area contributed by atoms with Gasteiger partial charge in [0.05, 0.1) is 23.8 Å². The Balaban J connectivity index is 2.53. The molecule has 0 saturated carbocycles. The maximum atomic E-state index is 12.1. The molecule has 1 aromatic rings. The zero-order valence-electron chi connectivity index (χ0n) is 8.70. The number of rotatable bonds is 1. The zero-order valence-corrected chi connectivity index (χ0v) is 10.5. The van der Waals surface area contributed by atoms with Gasteiger partial charge in [0.25, 0.3) is 0 Å². The molecule has 0 bridgehead atoms. The fourth-order valence-corrected chi connectivity index (χ4v) is 5.73. The second kappa shape index (κ2) is 3.17. The van der Waals surface area contributed by atoms with Crippen LogP contribution in [0.15, 0.2) is 33.7 Å². The number of hydrogen-bond acceptors (Lipinski definition) is 1. The van der Waals surface area contributed by atoms with E-state index in [-0.39, 0.29) is 0 Å². The highest BCUT2D eigenvalue weighted by atomic mass is 32.2. The molecule has 1 unspecified atom stereocenters. The average Bonchev–Trinajstić information content (AvgIpc) is 2.44. The molecule has 1 aliphatic rings. The van der Waals surface area contributed by atoms with E-state index in [1.54, 1.807) is 0 Å². The Bertz CT molecular complexity index is 429. The standard InChI is InChI=1S/C11H14OSSi/c1-14(2,3)11-8-9-6-4-5-7-10(9)13(11)12/h4-8H,1-3H3. The van der Waals surface area contributed by atoms with Crippen molar-refractivity contribution in [2.24, 2.45) is 0 Å². The third kappa shape index (κ3) is 1.51. The van der Waals surface area contributed by atoms with Crippen LogP contribution in [0.1, 0.15) is 5.56 Å².